The summed E-state index contributed by atoms with van der Waals surface area (Å²) in [5.41, 5.74) is 4.42. The predicted molar refractivity (Wildman–Crippen MR) is 95.7 cm³/mol. The second kappa shape index (κ2) is 6.62. The number of carbonyl (C=O) groups excluding carboxylic acids is 1. The molecule has 1 amide bonds. The van der Waals surface area contributed by atoms with Gasteiger partial charge in [-0.15, -0.1) is 11.3 Å². The van der Waals surface area contributed by atoms with Gasteiger partial charge in [0.1, 0.15) is 0 Å². The molecule has 116 valence electrons. The molecule has 0 aliphatic heterocycles. The molecule has 0 bridgehead atoms. The van der Waals surface area contributed by atoms with Crippen LogP contribution < -0.4 is 10.6 Å². The molecule has 1 heterocycles. The summed E-state index contributed by atoms with van der Waals surface area (Å²) in [7, 11) is 0. The first-order valence-electron chi connectivity index (χ1n) is 7.27. The van der Waals surface area contributed by atoms with Crippen molar-refractivity contribution in [3.05, 3.63) is 70.7 Å². The molecule has 0 aliphatic rings. The van der Waals surface area contributed by atoms with Crippen LogP contribution in [0.2, 0.25) is 0 Å². The summed E-state index contributed by atoms with van der Waals surface area (Å²) in [6, 6.07) is 13.4. The molecule has 0 unspecified atom stereocenters. The number of aromatic nitrogens is 1. The normalized spacial score (nSPS) is 10.3. The minimum atomic E-state index is -0.120. The molecule has 0 fully saturated rings. The van der Waals surface area contributed by atoms with E-state index >= 15 is 0 Å². The van der Waals surface area contributed by atoms with Crippen LogP contribution in [-0.4, -0.2) is 10.9 Å². The minimum Gasteiger partial charge on any atom is -0.332 e. The molecule has 0 saturated heterocycles. The smallest absolute Gasteiger partial charge is 0.255 e. The summed E-state index contributed by atoms with van der Waals surface area (Å²) in [6.45, 7) is 3.98. The van der Waals surface area contributed by atoms with Gasteiger partial charge in [-0.05, 0) is 43.2 Å². The van der Waals surface area contributed by atoms with Crippen molar-refractivity contribution in [2.75, 3.05) is 10.6 Å². The van der Waals surface area contributed by atoms with Crippen LogP contribution in [0.4, 0.5) is 16.5 Å². The molecule has 0 radical (unpaired) electrons. The van der Waals surface area contributed by atoms with Crippen LogP contribution in [-0.2, 0) is 0 Å². The Kier molecular flexibility index (Phi) is 4.39. The Balaban J connectivity index is 1.80. The molecule has 2 aromatic carbocycles. The van der Waals surface area contributed by atoms with Crippen molar-refractivity contribution in [3.8, 4) is 0 Å². The summed E-state index contributed by atoms with van der Waals surface area (Å²) in [5.74, 6) is -0.120. The van der Waals surface area contributed by atoms with Gasteiger partial charge in [-0.2, -0.15) is 0 Å². The zero-order chi connectivity index (χ0) is 16.2. The van der Waals surface area contributed by atoms with Gasteiger partial charge >= 0.3 is 0 Å². The number of nitrogens with one attached hydrogen (secondary N) is 2. The van der Waals surface area contributed by atoms with E-state index in [4.69, 9.17) is 0 Å². The van der Waals surface area contributed by atoms with Crippen LogP contribution in [0.15, 0.2) is 54.0 Å². The number of nitrogens with zero attached hydrogens (tertiary/aromatic N) is 1. The molecular weight excluding hydrogens is 306 g/mol. The molecule has 0 spiro atoms. The highest BCUT2D eigenvalue weighted by Gasteiger charge is 2.10. The van der Waals surface area contributed by atoms with E-state index in [0.29, 0.717) is 5.56 Å². The van der Waals surface area contributed by atoms with Crippen molar-refractivity contribution in [1.82, 2.24) is 4.98 Å². The van der Waals surface area contributed by atoms with Crippen LogP contribution >= 0.6 is 11.3 Å². The van der Waals surface area contributed by atoms with Crippen LogP contribution in [0.25, 0.3) is 0 Å². The lowest BCUT2D eigenvalue weighted by atomic mass is 10.1. The molecule has 2 N–H and O–H groups in total. The topological polar surface area (TPSA) is 54.0 Å². The first kappa shape index (κ1) is 15.2. The molecule has 3 rings (SSSR count). The Morgan fingerprint density at radius 1 is 1.09 bits per heavy atom. The summed E-state index contributed by atoms with van der Waals surface area (Å²) in [6.07, 6.45) is 1.74. The van der Waals surface area contributed by atoms with Crippen LogP contribution in [0.1, 0.15) is 21.5 Å². The lowest BCUT2D eigenvalue weighted by Gasteiger charge is -2.12. The van der Waals surface area contributed by atoms with Crippen molar-refractivity contribution in [1.29, 1.82) is 0 Å². The first-order valence-corrected chi connectivity index (χ1v) is 8.15. The highest BCUT2D eigenvalue weighted by Crippen LogP contribution is 2.22. The number of hydrogen-bond donors (Lipinski definition) is 2. The fourth-order valence-electron chi connectivity index (χ4n) is 2.34. The standard InChI is InChI=1S/C18H17N3OS/c1-12-5-3-6-13(2)16(12)21-17(22)14-7-4-8-15(11-14)20-18-19-9-10-23-18/h3-11H,1-2H3,(H,19,20)(H,21,22). The molecular formula is C18H17N3OS. The molecule has 0 saturated carbocycles. The lowest BCUT2D eigenvalue weighted by Crippen LogP contribution is -2.13. The average molecular weight is 323 g/mol. The van der Waals surface area contributed by atoms with Gasteiger partial charge in [0, 0.05) is 28.5 Å². The molecule has 0 aliphatic carbocycles. The maximum atomic E-state index is 12.5. The van der Waals surface area contributed by atoms with Gasteiger partial charge in [0.15, 0.2) is 5.13 Å². The number of benzene rings is 2. The van der Waals surface area contributed by atoms with E-state index in [2.05, 4.69) is 15.6 Å². The van der Waals surface area contributed by atoms with Gasteiger partial charge in [0.2, 0.25) is 0 Å². The Labute approximate surface area is 139 Å². The lowest BCUT2D eigenvalue weighted by molar-refractivity contribution is 0.102. The van der Waals surface area contributed by atoms with E-state index in [9.17, 15) is 4.79 Å². The van der Waals surface area contributed by atoms with Gasteiger partial charge < -0.3 is 10.6 Å². The quantitative estimate of drug-likeness (QED) is 0.728. The van der Waals surface area contributed by atoms with E-state index in [-0.39, 0.29) is 5.91 Å². The van der Waals surface area contributed by atoms with Gasteiger partial charge in [0.05, 0.1) is 0 Å². The van der Waals surface area contributed by atoms with Gasteiger partial charge in [-0.3, -0.25) is 4.79 Å². The maximum Gasteiger partial charge on any atom is 0.255 e. The SMILES string of the molecule is Cc1cccc(C)c1NC(=O)c1cccc(Nc2nccs2)c1. The number of rotatable bonds is 4. The number of anilines is 3. The second-order valence-electron chi connectivity index (χ2n) is 5.26. The fraction of sp³-hybridized carbons (Fsp3) is 0.111. The van der Waals surface area contributed by atoms with Crippen molar-refractivity contribution >= 4 is 33.8 Å². The Morgan fingerprint density at radius 3 is 2.52 bits per heavy atom. The summed E-state index contributed by atoms with van der Waals surface area (Å²) >= 11 is 1.52. The number of amides is 1. The van der Waals surface area contributed by atoms with Crippen molar-refractivity contribution in [3.63, 3.8) is 0 Å². The van der Waals surface area contributed by atoms with E-state index in [1.165, 1.54) is 11.3 Å². The highest BCUT2D eigenvalue weighted by molar-refractivity contribution is 7.13. The number of carbonyl (C=O) groups is 1. The Bertz CT molecular complexity index is 808. The largest absolute Gasteiger partial charge is 0.332 e. The molecule has 23 heavy (non-hydrogen) atoms. The highest BCUT2D eigenvalue weighted by atomic mass is 32.1. The third-order valence-electron chi connectivity index (χ3n) is 3.53. The van der Waals surface area contributed by atoms with E-state index in [0.717, 1.165) is 27.6 Å². The number of aryl methyl sites for hydroxylation is 2. The average Bonchev–Trinajstić information content (AvgIpc) is 3.04. The Hall–Kier alpha value is -2.66. The van der Waals surface area contributed by atoms with E-state index in [1.807, 2.05) is 55.6 Å². The van der Waals surface area contributed by atoms with E-state index < -0.39 is 0 Å². The summed E-state index contributed by atoms with van der Waals surface area (Å²) in [4.78, 5) is 16.7. The van der Waals surface area contributed by atoms with Crippen LogP contribution in [0, 0.1) is 13.8 Å². The molecule has 3 aromatic rings. The third-order valence-corrected chi connectivity index (χ3v) is 4.22. The van der Waals surface area contributed by atoms with E-state index in [1.54, 1.807) is 12.3 Å². The monoisotopic (exact) mass is 323 g/mol. The second-order valence-corrected chi connectivity index (χ2v) is 6.16. The minimum absolute atomic E-state index is 0.120. The van der Waals surface area contributed by atoms with Crippen LogP contribution in [0.5, 0.6) is 0 Å². The van der Waals surface area contributed by atoms with Crippen LogP contribution in [0.3, 0.4) is 0 Å². The Morgan fingerprint density at radius 2 is 1.83 bits per heavy atom. The maximum absolute atomic E-state index is 12.5. The van der Waals surface area contributed by atoms with Crippen molar-refractivity contribution in [2.45, 2.75) is 13.8 Å². The van der Waals surface area contributed by atoms with Gasteiger partial charge in [0.25, 0.3) is 5.91 Å². The molecule has 1 aromatic heterocycles. The zero-order valence-corrected chi connectivity index (χ0v) is 13.8. The van der Waals surface area contributed by atoms with Crippen molar-refractivity contribution < 1.29 is 4.79 Å². The number of hydrogen-bond acceptors (Lipinski definition) is 4. The summed E-state index contributed by atoms with van der Waals surface area (Å²) < 4.78 is 0. The molecule has 0 atom stereocenters. The zero-order valence-electron chi connectivity index (χ0n) is 13.0. The van der Waals surface area contributed by atoms with Crippen molar-refractivity contribution in [2.24, 2.45) is 0 Å². The summed E-state index contributed by atoms with van der Waals surface area (Å²) in [5, 5.41) is 8.90. The van der Waals surface area contributed by atoms with Gasteiger partial charge in [-0.25, -0.2) is 4.98 Å². The fourth-order valence-corrected chi connectivity index (χ4v) is 2.89. The third kappa shape index (κ3) is 3.57. The van der Waals surface area contributed by atoms with Gasteiger partial charge in [-0.1, -0.05) is 24.3 Å². The first-order chi connectivity index (χ1) is 11.1. The number of thiazole rings is 1. The molecule has 4 nitrogen and oxygen atoms in total. The number of para-hydroxylation sites is 1. The molecule has 5 heteroatoms. The predicted octanol–water partition coefficient (Wildman–Crippen LogP) is 4.76.